The summed E-state index contributed by atoms with van der Waals surface area (Å²) in [5.41, 5.74) is 1.97. The van der Waals surface area contributed by atoms with Crippen molar-refractivity contribution in [2.45, 2.75) is 25.7 Å². The van der Waals surface area contributed by atoms with E-state index in [0.717, 1.165) is 11.1 Å². The van der Waals surface area contributed by atoms with Gasteiger partial charge in [0.2, 0.25) is 0 Å². The van der Waals surface area contributed by atoms with Gasteiger partial charge in [-0.1, -0.05) is 18.2 Å². The van der Waals surface area contributed by atoms with Crippen LogP contribution in [0.3, 0.4) is 0 Å². The number of aromatic amines is 1. The summed E-state index contributed by atoms with van der Waals surface area (Å²) < 4.78 is 38.7. The maximum Gasteiger partial charge on any atom is 0.403 e. The van der Waals surface area contributed by atoms with Crippen LogP contribution in [-0.2, 0) is 6.54 Å². The Hall–Kier alpha value is -1.89. The Labute approximate surface area is 184 Å². The first-order valence-electron chi connectivity index (χ1n) is 9.09. The third-order valence-electron chi connectivity index (χ3n) is 4.91. The normalized spacial score (nSPS) is 17.0. The van der Waals surface area contributed by atoms with Gasteiger partial charge in [0.25, 0.3) is 0 Å². The number of guanidine groups is 1. The Morgan fingerprint density at radius 3 is 2.59 bits per heavy atom. The lowest BCUT2D eigenvalue weighted by Crippen LogP contribution is -2.56. The van der Waals surface area contributed by atoms with Crippen LogP contribution in [0.4, 0.5) is 13.2 Å². The molecule has 0 aliphatic carbocycles. The summed E-state index contributed by atoms with van der Waals surface area (Å²) in [6, 6.07) is 6.45. The summed E-state index contributed by atoms with van der Waals surface area (Å²) in [7, 11) is 1.68. The van der Waals surface area contributed by atoms with E-state index in [1.807, 2.05) is 29.2 Å². The Morgan fingerprint density at radius 1 is 1.28 bits per heavy atom. The topological polar surface area (TPSA) is 72.4 Å². The van der Waals surface area contributed by atoms with Gasteiger partial charge in [0, 0.05) is 45.3 Å². The molecule has 1 aromatic carbocycles. The van der Waals surface area contributed by atoms with Gasteiger partial charge < -0.3 is 10.2 Å². The van der Waals surface area contributed by atoms with Gasteiger partial charge in [0.1, 0.15) is 12.4 Å². The van der Waals surface area contributed by atoms with Gasteiger partial charge in [-0.2, -0.15) is 18.3 Å². The van der Waals surface area contributed by atoms with Gasteiger partial charge in [-0.3, -0.25) is 15.0 Å². The molecule has 0 radical (unpaired) electrons. The zero-order valence-electron chi connectivity index (χ0n) is 16.3. The van der Waals surface area contributed by atoms with Crippen molar-refractivity contribution >= 4 is 29.9 Å². The zero-order chi connectivity index (χ0) is 20.1. The third-order valence-corrected chi connectivity index (χ3v) is 4.91. The molecule has 11 heteroatoms. The van der Waals surface area contributed by atoms with E-state index in [2.05, 4.69) is 25.5 Å². The molecule has 1 aliphatic heterocycles. The quantitative estimate of drug-likeness (QED) is 0.367. The predicted molar refractivity (Wildman–Crippen MR) is 116 cm³/mol. The Balaban J connectivity index is 0.00000300. The third kappa shape index (κ3) is 6.04. The number of H-pyrrole nitrogens is 1. The molecule has 29 heavy (non-hydrogen) atoms. The average Bonchev–Trinajstić information content (AvgIpc) is 3.23. The summed E-state index contributed by atoms with van der Waals surface area (Å²) in [5, 5.41) is 9.98. The Bertz CT molecular complexity index is 787. The molecule has 1 saturated heterocycles. The molecule has 2 heterocycles. The first-order chi connectivity index (χ1) is 13.4. The Kier molecular flexibility index (Phi) is 8.25. The van der Waals surface area contributed by atoms with Gasteiger partial charge in [0.05, 0.1) is 0 Å². The maximum absolute atomic E-state index is 12.9. The molecular formula is C18H25F3IN7. The number of piperazine rings is 1. The van der Waals surface area contributed by atoms with Crippen LogP contribution in [0.15, 0.2) is 35.6 Å². The molecule has 0 spiro atoms. The van der Waals surface area contributed by atoms with E-state index in [0.29, 0.717) is 44.5 Å². The smallest absolute Gasteiger partial charge is 0.352 e. The highest BCUT2D eigenvalue weighted by Crippen LogP contribution is 2.25. The molecule has 160 valence electrons. The first kappa shape index (κ1) is 23.4. The average molecular weight is 523 g/mol. The van der Waals surface area contributed by atoms with Crippen molar-refractivity contribution in [3.63, 3.8) is 0 Å². The Morgan fingerprint density at radius 2 is 2.00 bits per heavy atom. The van der Waals surface area contributed by atoms with Crippen molar-refractivity contribution in [3.8, 4) is 11.4 Å². The minimum Gasteiger partial charge on any atom is -0.352 e. The largest absolute Gasteiger partial charge is 0.403 e. The standard InChI is InChI=1S/C18H24F3N7.HI/c1-13(18(19,20)21)27-6-8-28(9-7-27)17(22-2)23-11-14-4-3-5-15(10-14)16-24-12-25-26-16;/h3-5,10,12-13H,6-9,11H2,1-2H3,(H,22,23)(H,24,25,26);1H. The highest BCUT2D eigenvalue weighted by molar-refractivity contribution is 14.0. The summed E-state index contributed by atoms with van der Waals surface area (Å²) in [5.74, 6) is 1.38. The van der Waals surface area contributed by atoms with Crippen molar-refractivity contribution in [3.05, 3.63) is 36.2 Å². The lowest BCUT2D eigenvalue weighted by Gasteiger charge is -2.39. The molecule has 1 fully saturated rings. The molecular weight excluding hydrogens is 498 g/mol. The number of aromatic nitrogens is 3. The number of benzene rings is 1. The number of hydrogen-bond acceptors (Lipinski definition) is 4. The van der Waals surface area contributed by atoms with Crippen LogP contribution in [0.1, 0.15) is 12.5 Å². The van der Waals surface area contributed by atoms with E-state index in [9.17, 15) is 13.2 Å². The molecule has 1 aromatic heterocycles. The summed E-state index contributed by atoms with van der Waals surface area (Å²) >= 11 is 0. The number of nitrogens with one attached hydrogen (secondary N) is 2. The second-order valence-electron chi connectivity index (χ2n) is 6.68. The van der Waals surface area contributed by atoms with E-state index >= 15 is 0 Å². The van der Waals surface area contributed by atoms with Crippen LogP contribution >= 0.6 is 24.0 Å². The van der Waals surface area contributed by atoms with E-state index in [4.69, 9.17) is 0 Å². The zero-order valence-corrected chi connectivity index (χ0v) is 18.6. The van der Waals surface area contributed by atoms with Crippen LogP contribution in [0, 0.1) is 0 Å². The monoisotopic (exact) mass is 523 g/mol. The van der Waals surface area contributed by atoms with E-state index in [-0.39, 0.29) is 24.0 Å². The summed E-state index contributed by atoms with van der Waals surface area (Å²) in [4.78, 5) is 11.9. The highest BCUT2D eigenvalue weighted by atomic mass is 127. The van der Waals surface area contributed by atoms with Crippen molar-refractivity contribution in [1.29, 1.82) is 0 Å². The van der Waals surface area contributed by atoms with Crippen molar-refractivity contribution in [2.24, 2.45) is 4.99 Å². The fraction of sp³-hybridized carbons (Fsp3) is 0.500. The molecule has 0 saturated carbocycles. The highest BCUT2D eigenvalue weighted by Gasteiger charge is 2.41. The molecule has 7 nitrogen and oxygen atoms in total. The number of halogens is 4. The van der Waals surface area contributed by atoms with Crippen molar-refractivity contribution in [1.82, 2.24) is 30.3 Å². The second kappa shape index (κ2) is 10.2. The fourth-order valence-electron chi connectivity index (χ4n) is 3.21. The van der Waals surface area contributed by atoms with Gasteiger partial charge >= 0.3 is 6.18 Å². The molecule has 1 aliphatic rings. The number of hydrogen-bond donors (Lipinski definition) is 2. The first-order valence-corrected chi connectivity index (χ1v) is 9.09. The van der Waals surface area contributed by atoms with E-state index < -0.39 is 12.2 Å². The van der Waals surface area contributed by atoms with Crippen molar-refractivity contribution in [2.75, 3.05) is 33.2 Å². The molecule has 0 amide bonds. The van der Waals surface area contributed by atoms with Crippen LogP contribution in [0.5, 0.6) is 0 Å². The molecule has 1 unspecified atom stereocenters. The van der Waals surface area contributed by atoms with Gasteiger partial charge in [-0.05, 0) is 18.6 Å². The van der Waals surface area contributed by atoms with Crippen LogP contribution < -0.4 is 5.32 Å². The van der Waals surface area contributed by atoms with Crippen LogP contribution in [0.25, 0.3) is 11.4 Å². The van der Waals surface area contributed by atoms with Crippen LogP contribution in [-0.4, -0.2) is 76.4 Å². The molecule has 0 bridgehead atoms. The molecule has 3 rings (SSSR count). The maximum atomic E-state index is 12.9. The summed E-state index contributed by atoms with van der Waals surface area (Å²) in [6.07, 6.45) is -2.74. The minimum atomic E-state index is -4.20. The van der Waals surface area contributed by atoms with Crippen LogP contribution in [0.2, 0.25) is 0 Å². The van der Waals surface area contributed by atoms with E-state index in [1.165, 1.54) is 18.2 Å². The number of nitrogens with zero attached hydrogens (tertiary/aromatic N) is 5. The van der Waals surface area contributed by atoms with Gasteiger partial charge in [-0.15, -0.1) is 24.0 Å². The number of alkyl halides is 3. The summed E-state index contributed by atoms with van der Waals surface area (Å²) in [6.45, 7) is 3.46. The molecule has 1 atom stereocenters. The van der Waals surface area contributed by atoms with Gasteiger partial charge in [-0.25, -0.2) is 4.98 Å². The number of aliphatic imine (C=N–C) groups is 1. The SMILES string of the molecule is CN=C(NCc1cccc(-c2ncn[nH]2)c1)N1CCN(C(C)C(F)(F)F)CC1.I. The lowest BCUT2D eigenvalue weighted by molar-refractivity contribution is -0.181. The fourth-order valence-corrected chi connectivity index (χ4v) is 3.21. The minimum absolute atomic E-state index is 0. The van der Waals surface area contributed by atoms with Gasteiger partial charge in [0.15, 0.2) is 11.8 Å². The van der Waals surface area contributed by atoms with Crippen molar-refractivity contribution < 1.29 is 13.2 Å². The lowest BCUT2D eigenvalue weighted by atomic mass is 10.1. The number of rotatable bonds is 4. The molecule has 2 aromatic rings. The van der Waals surface area contributed by atoms with E-state index in [1.54, 1.807) is 7.05 Å². The predicted octanol–water partition coefficient (Wildman–Crippen LogP) is 2.73. The second-order valence-corrected chi connectivity index (χ2v) is 6.68. The molecule has 2 N–H and O–H groups in total.